The molecule has 1 N–H and O–H groups in total. The summed E-state index contributed by atoms with van der Waals surface area (Å²) in [5, 5.41) is 1.29. The SMILES string of the molecule is COc1ccc(C2NN(C(=O)c3cccc(Br)c3)C3C(=O)N(c4ccccc4OC)C(=O)C23)cc1. The highest BCUT2D eigenvalue weighted by molar-refractivity contribution is 9.10. The Balaban J connectivity index is 1.59. The molecule has 0 saturated carbocycles. The number of halogens is 1. The number of para-hydroxylation sites is 2. The quantitative estimate of drug-likeness (QED) is 0.501. The fourth-order valence-corrected chi connectivity index (χ4v) is 5.07. The summed E-state index contributed by atoms with van der Waals surface area (Å²) in [6, 6.07) is 19.3. The monoisotopic (exact) mass is 535 g/mol. The highest BCUT2D eigenvalue weighted by Crippen LogP contribution is 2.44. The highest BCUT2D eigenvalue weighted by atomic mass is 79.9. The minimum absolute atomic E-state index is 0.350. The van der Waals surface area contributed by atoms with Crippen molar-refractivity contribution in [2.75, 3.05) is 19.1 Å². The van der Waals surface area contributed by atoms with E-state index in [1.807, 2.05) is 18.2 Å². The zero-order valence-electron chi connectivity index (χ0n) is 19.0. The van der Waals surface area contributed by atoms with Crippen LogP contribution in [0, 0.1) is 5.92 Å². The number of methoxy groups -OCH3 is 2. The maximum atomic E-state index is 13.8. The van der Waals surface area contributed by atoms with Crippen LogP contribution in [-0.4, -0.2) is 43.0 Å². The van der Waals surface area contributed by atoms with Gasteiger partial charge in [-0.15, -0.1) is 0 Å². The number of carbonyl (C=O) groups is 3. The number of fused-ring (bicyclic) bond motifs is 1. The molecule has 5 rings (SSSR count). The molecule has 2 aliphatic rings. The second kappa shape index (κ2) is 9.16. The summed E-state index contributed by atoms with van der Waals surface area (Å²) in [5.41, 5.74) is 4.65. The van der Waals surface area contributed by atoms with E-state index in [4.69, 9.17) is 9.47 Å². The average Bonchev–Trinajstić information content (AvgIpc) is 3.40. The molecule has 0 radical (unpaired) electrons. The molecule has 3 atom stereocenters. The van der Waals surface area contributed by atoms with Gasteiger partial charge in [0.15, 0.2) is 0 Å². The van der Waals surface area contributed by atoms with E-state index >= 15 is 0 Å². The van der Waals surface area contributed by atoms with Crippen molar-refractivity contribution >= 4 is 39.3 Å². The van der Waals surface area contributed by atoms with Crippen molar-refractivity contribution in [2.45, 2.75) is 12.1 Å². The summed E-state index contributed by atoms with van der Waals surface area (Å²) in [4.78, 5) is 42.2. The first-order valence-corrected chi connectivity index (χ1v) is 11.7. The molecule has 3 aromatic carbocycles. The summed E-state index contributed by atoms with van der Waals surface area (Å²) in [6.45, 7) is 0. The Morgan fingerprint density at radius 1 is 0.914 bits per heavy atom. The third-order valence-corrected chi connectivity index (χ3v) is 6.82. The molecule has 178 valence electrons. The van der Waals surface area contributed by atoms with Gasteiger partial charge in [0.2, 0.25) is 5.91 Å². The molecule has 0 spiro atoms. The Hall–Kier alpha value is -3.69. The van der Waals surface area contributed by atoms with Crippen LogP contribution in [0.4, 0.5) is 5.69 Å². The zero-order chi connectivity index (χ0) is 24.7. The Morgan fingerprint density at radius 2 is 1.66 bits per heavy atom. The van der Waals surface area contributed by atoms with Gasteiger partial charge in [-0.3, -0.25) is 19.4 Å². The van der Waals surface area contributed by atoms with Crippen molar-refractivity contribution in [2.24, 2.45) is 5.92 Å². The zero-order valence-corrected chi connectivity index (χ0v) is 20.6. The largest absolute Gasteiger partial charge is 0.497 e. The number of amides is 3. The van der Waals surface area contributed by atoms with E-state index < -0.39 is 35.7 Å². The molecule has 9 heteroatoms. The summed E-state index contributed by atoms with van der Waals surface area (Å²) in [7, 11) is 3.05. The predicted octanol–water partition coefficient (Wildman–Crippen LogP) is 3.73. The standard InChI is InChI=1S/C26H22BrN3O5/c1-34-18-12-10-15(11-13-18)22-21-23(30(28-22)24(31)16-6-5-7-17(27)14-16)26(33)29(25(21)32)19-8-3-4-9-20(19)35-2/h3-14,21-23,28H,1-2H3. The van der Waals surface area contributed by atoms with Crippen LogP contribution in [0.1, 0.15) is 22.0 Å². The number of nitrogens with zero attached hydrogens (tertiary/aromatic N) is 2. The first-order valence-electron chi connectivity index (χ1n) is 10.9. The lowest BCUT2D eigenvalue weighted by atomic mass is 9.91. The van der Waals surface area contributed by atoms with Crippen LogP contribution in [0.25, 0.3) is 0 Å². The summed E-state index contributed by atoms with van der Waals surface area (Å²) in [6.07, 6.45) is 0. The van der Waals surface area contributed by atoms with Crippen LogP contribution in [0.5, 0.6) is 11.5 Å². The van der Waals surface area contributed by atoms with Gasteiger partial charge in [0, 0.05) is 10.0 Å². The summed E-state index contributed by atoms with van der Waals surface area (Å²) in [5.74, 6) is -1.06. The second-order valence-electron chi connectivity index (χ2n) is 8.22. The molecule has 2 heterocycles. The van der Waals surface area contributed by atoms with Crippen molar-refractivity contribution < 1.29 is 23.9 Å². The first-order chi connectivity index (χ1) is 16.9. The number of anilines is 1. The minimum Gasteiger partial charge on any atom is -0.497 e. The van der Waals surface area contributed by atoms with Gasteiger partial charge in [0.1, 0.15) is 17.5 Å². The summed E-state index contributed by atoms with van der Waals surface area (Å²) >= 11 is 3.39. The minimum atomic E-state index is -1.02. The van der Waals surface area contributed by atoms with Gasteiger partial charge in [0.05, 0.1) is 31.9 Å². The molecular weight excluding hydrogens is 514 g/mol. The number of hydrogen-bond acceptors (Lipinski definition) is 6. The van der Waals surface area contributed by atoms with E-state index in [1.165, 1.54) is 12.1 Å². The lowest BCUT2D eigenvalue weighted by molar-refractivity contribution is -0.123. The van der Waals surface area contributed by atoms with Crippen LogP contribution >= 0.6 is 15.9 Å². The smallest absolute Gasteiger partial charge is 0.268 e. The molecule has 0 aromatic heterocycles. The molecular formula is C26H22BrN3O5. The molecule has 0 bridgehead atoms. The third kappa shape index (κ3) is 3.86. The van der Waals surface area contributed by atoms with E-state index in [2.05, 4.69) is 21.4 Å². The van der Waals surface area contributed by atoms with E-state index in [0.717, 1.165) is 14.9 Å². The van der Waals surface area contributed by atoms with Crippen molar-refractivity contribution in [3.8, 4) is 11.5 Å². The fourth-order valence-electron chi connectivity index (χ4n) is 4.68. The van der Waals surface area contributed by atoms with E-state index in [9.17, 15) is 14.4 Å². The van der Waals surface area contributed by atoms with Gasteiger partial charge in [0.25, 0.3) is 11.8 Å². The third-order valence-electron chi connectivity index (χ3n) is 6.33. The van der Waals surface area contributed by atoms with Gasteiger partial charge in [-0.2, -0.15) is 0 Å². The maximum absolute atomic E-state index is 13.8. The Kier molecular flexibility index (Phi) is 6.04. The van der Waals surface area contributed by atoms with Crippen LogP contribution in [0.2, 0.25) is 0 Å². The number of nitrogens with one attached hydrogen (secondary N) is 1. The number of hydrogen-bond donors (Lipinski definition) is 1. The fraction of sp³-hybridized carbons (Fsp3) is 0.192. The van der Waals surface area contributed by atoms with Gasteiger partial charge in [-0.1, -0.05) is 46.3 Å². The van der Waals surface area contributed by atoms with Crippen LogP contribution in [0.3, 0.4) is 0 Å². The van der Waals surface area contributed by atoms with Gasteiger partial charge >= 0.3 is 0 Å². The molecule has 3 aromatic rings. The van der Waals surface area contributed by atoms with Gasteiger partial charge in [-0.05, 0) is 48.0 Å². The average molecular weight is 536 g/mol. The number of hydrazine groups is 1. The molecule has 3 amide bonds. The number of benzene rings is 3. The summed E-state index contributed by atoms with van der Waals surface area (Å²) < 4.78 is 11.4. The first kappa shape index (κ1) is 23.1. The molecule has 2 fully saturated rings. The number of rotatable bonds is 5. The number of imide groups is 1. The van der Waals surface area contributed by atoms with Crippen LogP contribution in [-0.2, 0) is 9.59 Å². The van der Waals surface area contributed by atoms with Crippen molar-refractivity contribution in [3.63, 3.8) is 0 Å². The van der Waals surface area contributed by atoms with E-state index in [-0.39, 0.29) is 0 Å². The van der Waals surface area contributed by atoms with Crippen LogP contribution < -0.4 is 19.8 Å². The highest BCUT2D eigenvalue weighted by Gasteiger charge is 2.60. The Morgan fingerprint density at radius 3 is 2.34 bits per heavy atom. The van der Waals surface area contributed by atoms with Gasteiger partial charge in [-0.25, -0.2) is 10.3 Å². The molecule has 0 aliphatic carbocycles. The maximum Gasteiger partial charge on any atom is 0.268 e. The Labute approximate surface area is 210 Å². The topological polar surface area (TPSA) is 88.2 Å². The molecule has 8 nitrogen and oxygen atoms in total. The number of carbonyl (C=O) groups excluding carboxylic acids is 3. The lowest BCUT2D eigenvalue weighted by Gasteiger charge is -2.26. The van der Waals surface area contributed by atoms with E-state index in [0.29, 0.717) is 22.7 Å². The van der Waals surface area contributed by atoms with Crippen molar-refractivity contribution in [1.82, 2.24) is 10.4 Å². The van der Waals surface area contributed by atoms with Gasteiger partial charge < -0.3 is 9.47 Å². The van der Waals surface area contributed by atoms with E-state index in [1.54, 1.807) is 61.7 Å². The molecule has 3 unspecified atom stereocenters. The molecule has 2 aliphatic heterocycles. The predicted molar refractivity (Wildman–Crippen MR) is 132 cm³/mol. The second-order valence-corrected chi connectivity index (χ2v) is 9.14. The lowest BCUT2D eigenvalue weighted by Crippen LogP contribution is -2.48. The van der Waals surface area contributed by atoms with Crippen molar-refractivity contribution in [1.29, 1.82) is 0 Å². The molecule has 35 heavy (non-hydrogen) atoms. The number of ether oxygens (including phenoxy) is 2. The van der Waals surface area contributed by atoms with Crippen molar-refractivity contribution in [3.05, 3.63) is 88.4 Å². The molecule has 2 saturated heterocycles. The van der Waals surface area contributed by atoms with Crippen LogP contribution in [0.15, 0.2) is 77.3 Å². The normalized spacial score (nSPS) is 21.3. The Bertz CT molecular complexity index is 1310.